The molecule has 2 aliphatic heterocycles. The third kappa shape index (κ3) is 3.50. The number of carbonyl (C=O) groups excluding carboxylic acids is 1. The Kier molecular flexibility index (Phi) is 4.74. The van der Waals surface area contributed by atoms with Gasteiger partial charge >= 0.3 is 0 Å². The maximum atomic E-state index is 11.5. The number of fused-ring (bicyclic) bond motifs is 2. The molecular formula is C22H24N4OS. The topological polar surface area (TPSA) is 48.5 Å². The van der Waals surface area contributed by atoms with Crippen molar-refractivity contribution in [1.29, 1.82) is 0 Å². The third-order valence-corrected chi connectivity index (χ3v) is 6.63. The Balaban J connectivity index is 1.17. The van der Waals surface area contributed by atoms with Crippen LogP contribution in [0.5, 0.6) is 0 Å². The average molecular weight is 393 g/mol. The summed E-state index contributed by atoms with van der Waals surface area (Å²) in [7, 11) is 0. The molecule has 5 nitrogen and oxygen atoms in total. The molecule has 5 rings (SSSR count). The lowest BCUT2D eigenvalue weighted by atomic mass is 9.99. The van der Waals surface area contributed by atoms with Crippen molar-refractivity contribution < 1.29 is 4.79 Å². The fraction of sp³-hybridized carbons (Fsp3) is 0.364. The Morgan fingerprint density at radius 2 is 1.89 bits per heavy atom. The Bertz CT molecular complexity index is 1010. The van der Waals surface area contributed by atoms with Crippen molar-refractivity contribution in [3.05, 3.63) is 53.6 Å². The second-order valence-electron chi connectivity index (χ2n) is 7.62. The molecule has 0 saturated carbocycles. The molecule has 0 atom stereocenters. The number of rotatable bonds is 4. The summed E-state index contributed by atoms with van der Waals surface area (Å²) >= 11 is 1.60. The minimum atomic E-state index is 0.131. The van der Waals surface area contributed by atoms with Crippen molar-refractivity contribution in [2.24, 2.45) is 0 Å². The third-order valence-electron chi connectivity index (χ3n) is 5.81. The van der Waals surface area contributed by atoms with Gasteiger partial charge in [-0.05, 0) is 53.7 Å². The molecule has 6 heteroatoms. The van der Waals surface area contributed by atoms with Gasteiger partial charge in [0.25, 0.3) is 0 Å². The first-order valence-electron chi connectivity index (χ1n) is 10.00. The minimum absolute atomic E-state index is 0.131. The van der Waals surface area contributed by atoms with Crippen LogP contribution in [0.4, 0.5) is 11.5 Å². The van der Waals surface area contributed by atoms with Gasteiger partial charge in [-0.2, -0.15) is 4.37 Å². The molecule has 0 radical (unpaired) electrons. The molecule has 1 saturated heterocycles. The highest BCUT2D eigenvalue weighted by Gasteiger charge is 2.21. The molecule has 1 fully saturated rings. The summed E-state index contributed by atoms with van der Waals surface area (Å²) in [6, 6.07) is 15.0. The number of piperazine rings is 1. The van der Waals surface area contributed by atoms with Crippen molar-refractivity contribution in [2.45, 2.75) is 19.3 Å². The van der Waals surface area contributed by atoms with Gasteiger partial charge in [0.15, 0.2) is 0 Å². The van der Waals surface area contributed by atoms with Crippen LogP contribution in [0.25, 0.3) is 10.1 Å². The first-order chi connectivity index (χ1) is 13.8. The van der Waals surface area contributed by atoms with Gasteiger partial charge in [0.1, 0.15) is 5.82 Å². The summed E-state index contributed by atoms with van der Waals surface area (Å²) in [5.74, 6) is 1.28. The Morgan fingerprint density at radius 3 is 2.79 bits per heavy atom. The van der Waals surface area contributed by atoms with E-state index in [1.165, 1.54) is 21.2 Å². The van der Waals surface area contributed by atoms with Gasteiger partial charge < -0.3 is 10.2 Å². The van der Waals surface area contributed by atoms with Crippen molar-refractivity contribution >= 4 is 39.0 Å². The molecule has 3 heterocycles. The normalized spacial score (nSPS) is 17.6. The molecule has 1 aromatic heterocycles. The predicted octanol–water partition coefficient (Wildman–Crippen LogP) is 3.55. The van der Waals surface area contributed by atoms with Gasteiger partial charge in [-0.15, -0.1) is 0 Å². The van der Waals surface area contributed by atoms with Crippen LogP contribution < -0.4 is 10.2 Å². The zero-order valence-electron chi connectivity index (χ0n) is 15.9. The lowest BCUT2D eigenvalue weighted by Gasteiger charge is -2.35. The van der Waals surface area contributed by atoms with Gasteiger partial charge in [-0.1, -0.05) is 24.3 Å². The van der Waals surface area contributed by atoms with Crippen molar-refractivity contribution in [1.82, 2.24) is 9.27 Å². The highest BCUT2D eigenvalue weighted by atomic mass is 32.1. The number of anilines is 2. The van der Waals surface area contributed by atoms with E-state index in [0.29, 0.717) is 6.42 Å². The smallest absolute Gasteiger partial charge is 0.224 e. The molecule has 0 unspecified atom stereocenters. The molecule has 2 aliphatic rings. The van der Waals surface area contributed by atoms with Crippen LogP contribution in [-0.2, 0) is 17.6 Å². The molecule has 0 bridgehead atoms. The van der Waals surface area contributed by atoms with E-state index in [0.717, 1.165) is 57.1 Å². The van der Waals surface area contributed by atoms with E-state index in [4.69, 9.17) is 4.37 Å². The van der Waals surface area contributed by atoms with Gasteiger partial charge in [0.05, 0.1) is 4.70 Å². The van der Waals surface area contributed by atoms with Crippen molar-refractivity contribution in [3.8, 4) is 0 Å². The molecule has 3 aromatic rings. The number of nitrogens with zero attached hydrogens (tertiary/aromatic N) is 3. The maximum Gasteiger partial charge on any atom is 0.224 e. The molecule has 1 amide bonds. The molecule has 144 valence electrons. The molecule has 1 N–H and O–H groups in total. The number of benzene rings is 2. The quantitative estimate of drug-likeness (QED) is 0.738. The highest BCUT2D eigenvalue weighted by molar-refractivity contribution is 7.13. The minimum Gasteiger partial charge on any atom is -0.353 e. The van der Waals surface area contributed by atoms with Crippen LogP contribution in [0, 0.1) is 0 Å². The van der Waals surface area contributed by atoms with Crippen LogP contribution in [0.3, 0.4) is 0 Å². The Hall–Kier alpha value is -2.44. The fourth-order valence-corrected chi connectivity index (χ4v) is 4.96. The van der Waals surface area contributed by atoms with Gasteiger partial charge in [-0.3, -0.25) is 9.69 Å². The SMILES string of the molecule is O=C1CCc2cc(CCN3CCN(c4nsc5ccccc45)CC3)ccc2N1. The van der Waals surface area contributed by atoms with E-state index in [1.54, 1.807) is 11.5 Å². The van der Waals surface area contributed by atoms with Gasteiger partial charge in [0.2, 0.25) is 5.91 Å². The average Bonchev–Trinajstić information content (AvgIpc) is 3.17. The Morgan fingerprint density at radius 1 is 1.04 bits per heavy atom. The number of aromatic nitrogens is 1. The highest BCUT2D eigenvalue weighted by Crippen LogP contribution is 2.30. The standard InChI is InChI=1S/C22H24N4OS/c27-21-8-6-17-15-16(5-7-19(17)23-21)9-10-25-11-13-26(14-12-25)22-18-3-1-2-4-20(18)28-24-22/h1-5,7,15H,6,8-14H2,(H,23,27). The van der Waals surface area contributed by atoms with Crippen LogP contribution in [0.1, 0.15) is 17.5 Å². The summed E-state index contributed by atoms with van der Waals surface area (Å²) < 4.78 is 5.97. The summed E-state index contributed by atoms with van der Waals surface area (Å²) in [6.07, 6.45) is 2.51. The zero-order valence-corrected chi connectivity index (χ0v) is 16.7. The van der Waals surface area contributed by atoms with Crippen LogP contribution in [0.2, 0.25) is 0 Å². The van der Waals surface area contributed by atoms with E-state index in [9.17, 15) is 4.79 Å². The number of aryl methyl sites for hydroxylation is 1. The lowest BCUT2D eigenvalue weighted by molar-refractivity contribution is -0.116. The first-order valence-corrected chi connectivity index (χ1v) is 10.8. The summed E-state index contributed by atoms with van der Waals surface area (Å²) in [5.41, 5.74) is 3.63. The van der Waals surface area contributed by atoms with Gasteiger partial charge in [-0.25, -0.2) is 0 Å². The second kappa shape index (κ2) is 7.53. The first kappa shape index (κ1) is 17.6. The largest absolute Gasteiger partial charge is 0.353 e. The Labute approximate surface area is 169 Å². The van der Waals surface area contributed by atoms with E-state index >= 15 is 0 Å². The molecule has 28 heavy (non-hydrogen) atoms. The second-order valence-corrected chi connectivity index (χ2v) is 8.43. The monoisotopic (exact) mass is 392 g/mol. The maximum absolute atomic E-state index is 11.5. The van der Waals surface area contributed by atoms with Crippen molar-refractivity contribution in [3.63, 3.8) is 0 Å². The number of carbonyl (C=O) groups is 1. The van der Waals surface area contributed by atoms with Crippen LogP contribution >= 0.6 is 11.5 Å². The molecule has 0 aliphatic carbocycles. The van der Waals surface area contributed by atoms with Crippen molar-refractivity contribution in [2.75, 3.05) is 42.9 Å². The van der Waals surface area contributed by atoms with Crippen LogP contribution in [-0.4, -0.2) is 47.9 Å². The molecule has 0 spiro atoms. The number of amides is 1. The summed E-state index contributed by atoms with van der Waals surface area (Å²) in [6.45, 7) is 5.30. The fourth-order valence-electron chi connectivity index (χ4n) is 4.16. The van der Waals surface area contributed by atoms with E-state index in [1.807, 2.05) is 0 Å². The van der Waals surface area contributed by atoms with Crippen LogP contribution in [0.15, 0.2) is 42.5 Å². The van der Waals surface area contributed by atoms with Gasteiger partial charge in [0, 0.05) is 50.2 Å². The zero-order chi connectivity index (χ0) is 18.9. The number of nitrogens with one attached hydrogen (secondary N) is 1. The molecule has 2 aromatic carbocycles. The summed E-state index contributed by atoms with van der Waals surface area (Å²) in [5, 5.41) is 4.24. The lowest BCUT2D eigenvalue weighted by Crippen LogP contribution is -2.47. The van der Waals surface area contributed by atoms with E-state index in [2.05, 4.69) is 57.6 Å². The number of hydrogen-bond donors (Lipinski definition) is 1. The number of hydrogen-bond acceptors (Lipinski definition) is 5. The predicted molar refractivity (Wildman–Crippen MR) is 115 cm³/mol. The van der Waals surface area contributed by atoms with E-state index < -0.39 is 0 Å². The molecular weight excluding hydrogens is 368 g/mol. The van der Waals surface area contributed by atoms with E-state index in [-0.39, 0.29) is 5.91 Å². The summed E-state index contributed by atoms with van der Waals surface area (Å²) in [4.78, 5) is 16.5.